The first-order valence-corrected chi connectivity index (χ1v) is 25.1. The Labute approximate surface area is 396 Å². The van der Waals surface area contributed by atoms with Crippen molar-refractivity contribution in [3.63, 3.8) is 0 Å². The third-order valence-electron chi connectivity index (χ3n) is 17.6. The molecule has 8 aliphatic heterocycles. The molecule has 360 valence electrons. The molecule has 0 aromatic rings. The Morgan fingerprint density at radius 2 is 0.968 bits per heavy atom. The molecule has 16 atom stereocenters. The molecule has 0 N–H and O–H groups in total. The topological polar surface area (TPSA) is 86.8 Å². The Balaban J connectivity index is 0.000000170. The number of hydrogen-bond acceptors (Lipinski definition) is 12. The summed E-state index contributed by atoms with van der Waals surface area (Å²) >= 11 is 0. The molecule has 4 bridgehead atoms. The molecule has 4 aliphatic carbocycles. The number of fused-ring (bicyclic) bond motifs is 4. The van der Waals surface area contributed by atoms with E-state index in [0.29, 0.717) is 47.3 Å². The van der Waals surface area contributed by atoms with Crippen molar-refractivity contribution >= 4 is 0 Å². The molecule has 8 heterocycles. The van der Waals surface area contributed by atoms with Gasteiger partial charge in [-0.25, -0.2) is 19.6 Å². The van der Waals surface area contributed by atoms with E-state index < -0.39 is 0 Å². The molecular weight excluding hydrogens is 982 g/mol. The summed E-state index contributed by atoms with van der Waals surface area (Å²) in [5.41, 5.74) is -1.00. The van der Waals surface area contributed by atoms with Gasteiger partial charge in [0.2, 0.25) is 0 Å². The predicted molar refractivity (Wildman–Crippen MR) is 236 cm³/mol. The van der Waals surface area contributed by atoms with Crippen molar-refractivity contribution in [1.29, 1.82) is 0 Å². The van der Waals surface area contributed by atoms with Gasteiger partial charge in [-0.15, -0.1) is 0 Å². The Morgan fingerprint density at radius 3 is 1.37 bits per heavy atom. The zero-order chi connectivity index (χ0) is 43.3. The van der Waals surface area contributed by atoms with Gasteiger partial charge in [0.15, 0.2) is 12.6 Å². The van der Waals surface area contributed by atoms with Crippen LogP contribution in [0.15, 0.2) is 24.8 Å². The van der Waals surface area contributed by atoms with Crippen LogP contribution in [0.25, 0.3) is 0 Å². The van der Waals surface area contributed by atoms with E-state index in [1.165, 1.54) is 64.2 Å². The van der Waals surface area contributed by atoms with Gasteiger partial charge >= 0.3 is 22.4 Å². The second-order valence-electron chi connectivity index (χ2n) is 22.2. The molecule has 4 saturated carbocycles. The standard InChI is InChI=1S/2C25H41N2O4.Au/c2*1-18-8-9-21-19(2)23(28-15-7-5-6-12-27-14-13-26(4)17-27)29-22-16-24(3)11-10-20(18)25(21,22)31-30-24;/h2*13-14,17-23H,5-12,15-16H2,1-4H3;/q2*-1;+3/t2*18-,19-,20+,21+,22-,23+,24?,25-;/m11./s1. The third-order valence-corrected chi connectivity index (χ3v) is 17.6. The van der Waals surface area contributed by atoms with Crippen LogP contribution in [-0.2, 0) is 60.9 Å². The molecule has 0 amide bonds. The fourth-order valence-corrected chi connectivity index (χ4v) is 14.0. The van der Waals surface area contributed by atoms with E-state index in [2.05, 4.69) is 113 Å². The number of nitrogens with zero attached hydrogens (tertiary/aromatic N) is 4. The van der Waals surface area contributed by atoms with Crippen molar-refractivity contribution in [1.82, 2.24) is 19.6 Å². The Hall–Kier alpha value is -0.900. The minimum absolute atomic E-state index is 0. The first kappa shape index (κ1) is 48.6. The van der Waals surface area contributed by atoms with Gasteiger partial charge in [0.25, 0.3) is 0 Å². The largest absolute Gasteiger partial charge is 3.00 e. The zero-order valence-corrected chi connectivity index (χ0v) is 42.1. The number of hydrogen-bond donors (Lipinski definition) is 0. The molecule has 13 heteroatoms. The van der Waals surface area contributed by atoms with Gasteiger partial charge in [0.05, 0.1) is 12.2 Å². The maximum Gasteiger partial charge on any atom is 3.00 e. The molecule has 10 fully saturated rings. The van der Waals surface area contributed by atoms with Gasteiger partial charge in [-0.2, -0.15) is 13.3 Å². The summed E-state index contributed by atoms with van der Waals surface area (Å²) in [6, 6.07) is 0. The molecule has 6 saturated heterocycles. The van der Waals surface area contributed by atoms with Crippen molar-refractivity contribution in [2.24, 2.45) is 47.3 Å². The van der Waals surface area contributed by atoms with Crippen LogP contribution in [-0.4, -0.2) is 107 Å². The average Bonchev–Trinajstić information content (AvgIpc) is 3.70. The number of rotatable bonds is 14. The minimum Gasteiger partial charge on any atom is -0.511 e. The van der Waals surface area contributed by atoms with E-state index in [1.807, 2.05) is 0 Å². The maximum absolute atomic E-state index is 6.70. The smallest absolute Gasteiger partial charge is 0.511 e. The van der Waals surface area contributed by atoms with Gasteiger partial charge < -0.3 is 38.5 Å². The molecular formula is C50H82AuN4O8+. The van der Waals surface area contributed by atoms with Gasteiger partial charge in [0, 0.05) is 49.7 Å². The van der Waals surface area contributed by atoms with Crippen molar-refractivity contribution in [3.8, 4) is 0 Å². The average molecular weight is 1060 g/mol. The van der Waals surface area contributed by atoms with Crippen molar-refractivity contribution in [3.05, 3.63) is 38.1 Å². The van der Waals surface area contributed by atoms with Crippen molar-refractivity contribution in [2.45, 2.75) is 191 Å². The van der Waals surface area contributed by atoms with Gasteiger partial charge in [-0.3, -0.25) is 0 Å². The van der Waals surface area contributed by atoms with E-state index in [-0.39, 0.29) is 69.6 Å². The Morgan fingerprint density at radius 1 is 0.540 bits per heavy atom. The molecule has 12 nitrogen and oxygen atoms in total. The Kier molecular flexibility index (Phi) is 15.4. The molecule has 12 aliphatic rings. The quantitative estimate of drug-likeness (QED) is 0.0720. The zero-order valence-electron chi connectivity index (χ0n) is 39.9. The first-order valence-electron chi connectivity index (χ1n) is 25.1. The molecule has 12 rings (SSSR count). The summed E-state index contributed by atoms with van der Waals surface area (Å²) in [5, 5.41) is 0. The van der Waals surface area contributed by atoms with Crippen LogP contribution in [0.4, 0.5) is 0 Å². The minimum atomic E-state index is -0.278. The number of ether oxygens (including phenoxy) is 4. The third kappa shape index (κ3) is 9.60. The summed E-state index contributed by atoms with van der Waals surface area (Å²) in [7, 11) is 4.12. The van der Waals surface area contributed by atoms with Gasteiger partial charge in [0.1, 0.15) is 22.4 Å². The summed E-state index contributed by atoms with van der Waals surface area (Å²) < 4.78 is 26.1. The SMILES string of the molecule is C[C@H]1[C@@H](OCCCCCN2C=CN(C)[CH-]2)O[C@@H]2CC3(C)CC[C@H]4[C@H](C)CC[C@@H]1[C@@]24OO3.C[C@H]1[C@@H](OCCCCCN2C=CN(C)[CH-]2)O[C@@H]2CC3(C)CC[C@H]4[C@H](C)CC[C@@H]1[C@@]24OO3.[Au+3]. The number of unbranched alkanes of at least 4 members (excludes halogenated alkanes) is 4. The molecule has 2 spiro atoms. The fraction of sp³-hybridized carbons (Fsp3) is 0.880. The molecule has 0 aromatic heterocycles. The summed E-state index contributed by atoms with van der Waals surface area (Å²) in [6.45, 7) is 21.8. The van der Waals surface area contributed by atoms with Crippen molar-refractivity contribution in [2.75, 3.05) is 40.4 Å². The van der Waals surface area contributed by atoms with E-state index in [4.69, 9.17) is 38.5 Å². The molecule has 63 heavy (non-hydrogen) atoms. The van der Waals surface area contributed by atoms with Gasteiger partial charge in [-0.1, -0.05) is 27.7 Å². The molecule has 0 radical (unpaired) electrons. The first-order chi connectivity index (χ1) is 29.8. The van der Waals surface area contributed by atoms with Crippen LogP contribution >= 0.6 is 0 Å². The van der Waals surface area contributed by atoms with Crippen molar-refractivity contribution < 1.29 is 60.9 Å². The predicted octanol–water partition coefficient (Wildman–Crippen LogP) is 9.35. The molecule has 2 unspecified atom stereocenters. The summed E-state index contributed by atoms with van der Waals surface area (Å²) in [5.74, 6) is 3.95. The van der Waals surface area contributed by atoms with Crippen LogP contribution in [0.5, 0.6) is 0 Å². The van der Waals surface area contributed by atoms with Crippen LogP contribution in [0.1, 0.15) is 144 Å². The van der Waals surface area contributed by atoms with Crippen LogP contribution in [0.3, 0.4) is 0 Å². The normalized spacial score (nSPS) is 45.6. The fourth-order valence-electron chi connectivity index (χ4n) is 14.0. The van der Waals surface area contributed by atoms with E-state index in [9.17, 15) is 0 Å². The monoisotopic (exact) mass is 1060 g/mol. The second-order valence-corrected chi connectivity index (χ2v) is 22.2. The summed E-state index contributed by atoms with van der Waals surface area (Å²) in [6.07, 6.45) is 26.5. The van der Waals surface area contributed by atoms with Crippen LogP contribution in [0, 0.1) is 60.7 Å². The second kappa shape index (κ2) is 20.0. The van der Waals surface area contributed by atoms with Crippen LogP contribution in [0.2, 0.25) is 0 Å². The van der Waals surface area contributed by atoms with Crippen LogP contribution < -0.4 is 0 Å². The van der Waals surface area contributed by atoms with E-state index in [0.717, 1.165) is 64.8 Å². The van der Waals surface area contributed by atoms with Gasteiger partial charge in [-0.05, 0) is 179 Å². The van der Waals surface area contributed by atoms with E-state index >= 15 is 0 Å². The Bertz CT molecular complexity index is 1470. The maximum atomic E-state index is 6.70. The summed E-state index contributed by atoms with van der Waals surface area (Å²) in [4.78, 5) is 33.5. The molecule has 0 aromatic carbocycles. The van der Waals surface area contributed by atoms with E-state index in [1.54, 1.807) is 0 Å².